The van der Waals surface area contributed by atoms with Crippen LogP contribution in [-0.4, -0.2) is 17.6 Å². The van der Waals surface area contributed by atoms with Crippen molar-refractivity contribution in [3.05, 3.63) is 28.3 Å². The smallest absolute Gasteiger partial charge is 0.275 e. The molecule has 0 saturated heterocycles. The lowest BCUT2D eigenvalue weighted by molar-refractivity contribution is -0.384. The highest BCUT2D eigenvalue weighted by atomic mass is 16.6. The molecule has 3 atom stereocenters. The Labute approximate surface area is 125 Å². The summed E-state index contributed by atoms with van der Waals surface area (Å²) in [6.07, 6.45) is 3.51. The molecule has 1 aliphatic carbocycles. The number of nitrogens with one attached hydrogen (secondary N) is 1. The second-order valence-corrected chi connectivity index (χ2v) is 6.05. The van der Waals surface area contributed by atoms with Gasteiger partial charge in [-0.3, -0.25) is 10.1 Å². The van der Waals surface area contributed by atoms with Crippen LogP contribution in [0.1, 0.15) is 40.0 Å². The van der Waals surface area contributed by atoms with E-state index in [9.17, 15) is 10.1 Å². The van der Waals surface area contributed by atoms with E-state index in [4.69, 9.17) is 4.74 Å². The molecule has 116 valence electrons. The lowest BCUT2D eigenvalue weighted by atomic mass is 9.80. The summed E-state index contributed by atoms with van der Waals surface area (Å²) in [7, 11) is 0. The SMILES string of the molecule is CCOc1cc(NC2CCC(C)CC2C)cc([N+](=O)[O-])c1. The van der Waals surface area contributed by atoms with E-state index in [2.05, 4.69) is 19.2 Å². The van der Waals surface area contributed by atoms with Gasteiger partial charge in [0, 0.05) is 23.9 Å². The van der Waals surface area contributed by atoms with Gasteiger partial charge < -0.3 is 10.1 Å². The van der Waals surface area contributed by atoms with E-state index < -0.39 is 0 Å². The van der Waals surface area contributed by atoms with E-state index in [1.807, 2.05) is 13.0 Å². The van der Waals surface area contributed by atoms with E-state index in [1.54, 1.807) is 6.07 Å². The van der Waals surface area contributed by atoms with E-state index in [0.29, 0.717) is 24.3 Å². The van der Waals surface area contributed by atoms with Gasteiger partial charge in [-0.1, -0.05) is 13.8 Å². The molecule has 5 nitrogen and oxygen atoms in total. The molecule has 1 fully saturated rings. The minimum Gasteiger partial charge on any atom is -0.494 e. The van der Waals surface area contributed by atoms with Crippen LogP contribution in [0.5, 0.6) is 5.75 Å². The van der Waals surface area contributed by atoms with Crippen LogP contribution in [0.2, 0.25) is 0 Å². The van der Waals surface area contributed by atoms with Crippen LogP contribution >= 0.6 is 0 Å². The number of nitro benzene ring substituents is 1. The molecule has 0 aromatic heterocycles. The molecule has 3 unspecified atom stereocenters. The first-order valence-electron chi connectivity index (χ1n) is 7.68. The Balaban J connectivity index is 2.16. The third kappa shape index (κ3) is 4.09. The number of nitrogens with zero attached hydrogens (tertiary/aromatic N) is 1. The molecule has 1 aromatic carbocycles. The molecule has 2 rings (SSSR count). The predicted octanol–water partition coefficient (Wildman–Crippen LogP) is 4.23. The largest absolute Gasteiger partial charge is 0.494 e. The third-order valence-electron chi connectivity index (χ3n) is 4.20. The highest BCUT2D eigenvalue weighted by molar-refractivity contribution is 5.57. The summed E-state index contributed by atoms with van der Waals surface area (Å²) in [5.41, 5.74) is 0.847. The van der Waals surface area contributed by atoms with Gasteiger partial charge in [-0.2, -0.15) is 0 Å². The van der Waals surface area contributed by atoms with E-state index in [0.717, 1.165) is 18.0 Å². The molecule has 21 heavy (non-hydrogen) atoms. The maximum atomic E-state index is 11.0. The van der Waals surface area contributed by atoms with Gasteiger partial charge in [-0.15, -0.1) is 0 Å². The maximum Gasteiger partial charge on any atom is 0.275 e. The first kappa shape index (κ1) is 15.6. The van der Waals surface area contributed by atoms with Crippen molar-refractivity contribution in [1.29, 1.82) is 0 Å². The van der Waals surface area contributed by atoms with Gasteiger partial charge in [0.15, 0.2) is 0 Å². The van der Waals surface area contributed by atoms with Gasteiger partial charge in [0.05, 0.1) is 17.6 Å². The van der Waals surface area contributed by atoms with Crippen molar-refractivity contribution in [2.75, 3.05) is 11.9 Å². The Morgan fingerprint density at radius 2 is 2.10 bits per heavy atom. The second kappa shape index (κ2) is 6.78. The maximum absolute atomic E-state index is 11.0. The van der Waals surface area contributed by atoms with E-state index >= 15 is 0 Å². The normalized spacial score (nSPS) is 25.4. The Bertz CT molecular complexity index is 504. The molecule has 1 aromatic rings. The molecule has 0 bridgehead atoms. The van der Waals surface area contributed by atoms with Gasteiger partial charge in [0.2, 0.25) is 0 Å². The Morgan fingerprint density at radius 3 is 2.71 bits per heavy atom. The standard InChI is InChI=1S/C16H24N2O3/c1-4-21-15-9-13(8-14(10-15)18(19)20)17-16-6-5-11(2)7-12(16)3/h8-12,16-17H,4-7H2,1-3H3. The third-order valence-corrected chi connectivity index (χ3v) is 4.20. The number of hydrogen-bond donors (Lipinski definition) is 1. The molecule has 0 aliphatic heterocycles. The fourth-order valence-electron chi connectivity index (χ4n) is 3.12. The Morgan fingerprint density at radius 1 is 1.33 bits per heavy atom. The van der Waals surface area contributed by atoms with Crippen molar-refractivity contribution in [3.63, 3.8) is 0 Å². The highest BCUT2D eigenvalue weighted by Gasteiger charge is 2.25. The summed E-state index contributed by atoms with van der Waals surface area (Å²) in [5.74, 6) is 1.89. The number of non-ortho nitro benzene ring substituents is 1. The van der Waals surface area contributed by atoms with Gasteiger partial charge in [0.25, 0.3) is 5.69 Å². The lowest BCUT2D eigenvalue weighted by Crippen LogP contribution is -2.33. The molecule has 1 N–H and O–H groups in total. The quantitative estimate of drug-likeness (QED) is 0.651. The Kier molecular flexibility index (Phi) is 5.04. The van der Waals surface area contributed by atoms with Crippen molar-refractivity contribution in [1.82, 2.24) is 0 Å². The van der Waals surface area contributed by atoms with Gasteiger partial charge in [-0.05, 0) is 38.0 Å². The summed E-state index contributed by atoms with van der Waals surface area (Å²) in [6.45, 7) is 6.90. The summed E-state index contributed by atoms with van der Waals surface area (Å²) in [6, 6.07) is 5.29. The Hall–Kier alpha value is -1.78. The predicted molar refractivity (Wildman–Crippen MR) is 83.9 cm³/mol. The number of benzene rings is 1. The molecule has 1 aliphatic rings. The summed E-state index contributed by atoms with van der Waals surface area (Å²) >= 11 is 0. The average Bonchev–Trinajstić information content (AvgIpc) is 2.42. The lowest BCUT2D eigenvalue weighted by Gasteiger charge is -2.33. The average molecular weight is 292 g/mol. The monoisotopic (exact) mass is 292 g/mol. The number of ether oxygens (including phenoxy) is 1. The van der Waals surface area contributed by atoms with Gasteiger partial charge in [0.1, 0.15) is 5.75 Å². The number of hydrogen-bond acceptors (Lipinski definition) is 4. The van der Waals surface area contributed by atoms with Gasteiger partial charge in [-0.25, -0.2) is 0 Å². The summed E-state index contributed by atoms with van der Waals surface area (Å²) in [5, 5.41) is 14.5. The van der Waals surface area contributed by atoms with Crippen molar-refractivity contribution in [3.8, 4) is 5.75 Å². The minimum atomic E-state index is -0.375. The fraction of sp³-hybridized carbons (Fsp3) is 0.625. The summed E-state index contributed by atoms with van der Waals surface area (Å²) < 4.78 is 5.43. The number of nitro groups is 1. The van der Waals surface area contributed by atoms with Crippen LogP contribution in [0, 0.1) is 22.0 Å². The molecule has 0 heterocycles. The summed E-state index contributed by atoms with van der Waals surface area (Å²) in [4.78, 5) is 10.7. The zero-order chi connectivity index (χ0) is 15.4. The molecule has 5 heteroatoms. The molecule has 0 spiro atoms. The number of anilines is 1. The van der Waals surface area contributed by atoms with Crippen LogP contribution in [0.25, 0.3) is 0 Å². The van der Waals surface area contributed by atoms with Crippen LogP contribution in [0.15, 0.2) is 18.2 Å². The first-order valence-corrected chi connectivity index (χ1v) is 7.68. The number of rotatable bonds is 5. The van der Waals surface area contributed by atoms with Crippen LogP contribution in [0.4, 0.5) is 11.4 Å². The molecule has 1 saturated carbocycles. The van der Waals surface area contributed by atoms with Crippen molar-refractivity contribution in [2.24, 2.45) is 11.8 Å². The van der Waals surface area contributed by atoms with E-state index in [1.165, 1.54) is 18.9 Å². The first-order chi connectivity index (χ1) is 9.99. The highest BCUT2D eigenvalue weighted by Crippen LogP contribution is 2.33. The molecular formula is C16H24N2O3. The molecule has 0 radical (unpaired) electrons. The van der Waals surface area contributed by atoms with Crippen LogP contribution < -0.4 is 10.1 Å². The molecular weight excluding hydrogens is 268 g/mol. The zero-order valence-electron chi connectivity index (χ0n) is 13.0. The topological polar surface area (TPSA) is 64.4 Å². The van der Waals surface area contributed by atoms with Gasteiger partial charge >= 0.3 is 0 Å². The fourth-order valence-corrected chi connectivity index (χ4v) is 3.12. The minimum absolute atomic E-state index is 0.0697. The van der Waals surface area contributed by atoms with Crippen molar-refractivity contribution >= 4 is 11.4 Å². The second-order valence-electron chi connectivity index (χ2n) is 6.05. The molecule has 0 amide bonds. The van der Waals surface area contributed by atoms with Crippen molar-refractivity contribution < 1.29 is 9.66 Å². The van der Waals surface area contributed by atoms with E-state index in [-0.39, 0.29) is 10.6 Å². The van der Waals surface area contributed by atoms with Crippen LogP contribution in [-0.2, 0) is 0 Å². The van der Waals surface area contributed by atoms with Crippen molar-refractivity contribution in [2.45, 2.75) is 46.1 Å². The van der Waals surface area contributed by atoms with Crippen LogP contribution in [0.3, 0.4) is 0 Å². The zero-order valence-corrected chi connectivity index (χ0v) is 13.0.